The average molecular weight is 322 g/mol. The zero-order chi connectivity index (χ0) is 17.5. The van der Waals surface area contributed by atoms with E-state index in [2.05, 4.69) is 22.8 Å². The lowest BCUT2D eigenvalue weighted by Gasteiger charge is -2.31. The topological polar surface area (TPSA) is 59.6 Å². The van der Waals surface area contributed by atoms with E-state index in [1.807, 2.05) is 52.8 Å². The molecule has 0 saturated heterocycles. The van der Waals surface area contributed by atoms with Crippen LogP contribution < -0.4 is 10.6 Å². The Morgan fingerprint density at radius 3 is 2.26 bits per heavy atom. The molecule has 0 radical (unpaired) electrons. The Morgan fingerprint density at radius 2 is 1.74 bits per heavy atom. The van der Waals surface area contributed by atoms with Gasteiger partial charge in [0, 0.05) is 13.7 Å². The zero-order valence-corrected chi connectivity index (χ0v) is 15.1. The standard InChI is InChI=1S/C18H30N2O3/c1-17(2,3)23-16(21)20-18(4,5)13-19-15(12-22-6)14-10-8-7-9-11-14/h7-11,15,19H,12-13H2,1-6H3,(H,20,21). The quantitative estimate of drug-likeness (QED) is 0.809. The Hall–Kier alpha value is -1.59. The van der Waals surface area contributed by atoms with Crippen molar-refractivity contribution in [2.24, 2.45) is 0 Å². The molecular formula is C18H30N2O3. The number of benzene rings is 1. The molecular weight excluding hydrogens is 292 g/mol. The molecule has 0 bridgehead atoms. The number of rotatable bonds is 7. The van der Waals surface area contributed by atoms with Crippen LogP contribution in [-0.4, -0.2) is 37.5 Å². The molecule has 0 fully saturated rings. The molecule has 5 heteroatoms. The minimum Gasteiger partial charge on any atom is -0.444 e. The molecule has 0 aliphatic heterocycles. The number of alkyl carbamates (subject to hydrolysis) is 1. The summed E-state index contributed by atoms with van der Waals surface area (Å²) in [7, 11) is 1.68. The van der Waals surface area contributed by atoms with Crippen molar-refractivity contribution in [1.82, 2.24) is 10.6 Å². The fraction of sp³-hybridized carbons (Fsp3) is 0.611. The van der Waals surface area contributed by atoms with Crippen LogP contribution in [0.1, 0.15) is 46.2 Å². The number of hydrogen-bond donors (Lipinski definition) is 2. The van der Waals surface area contributed by atoms with Gasteiger partial charge in [0.15, 0.2) is 0 Å². The maximum absolute atomic E-state index is 11.9. The molecule has 1 atom stereocenters. The zero-order valence-electron chi connectivity index (χ0n) is 15.1. The Labute approximate surface area is 139 Å². The van der Waals surface area contributed by atoms with Gasteiger partial charge in [0.2, 0.25) is 0 Å². The molecule has 2 N–H and O–H groups in total. The van der Waals surface area contributed by atoms with E-state index in [4.69, 9.17) is 9.47 Å². The highest BCUT2D eigenvalue weighted by Gasteiger charge is 2.25. The van der Waals surface area contributed by atoms with Crippen LogP contribution in [-0.2, 0) is 9.47 Å². The van der Waals surface area contributed by atoms with Crippen molar-refractivity contribution >= 4 is 6.09 Å². The lowest BCUT2D eigenvalue weighted by Crippen LogP contribution is -2.52. The van der Waals surface area contributed by atoms with Crippen molar-refractivity contribution < 1.29 is 14.3 Å². The predicted molar refractivity (Wildman–Crippen MR) is 92.5 cm³/mol. The molecule has 0 aromatic heterocycles. The van der Waals surface area contributed by atoms with Crippen LogP contribution in [0.3, 0.4) is 0 Å². The minimum atomic E-state index is -0.504. The number of carbonyl (C=O) groups is 1. The van der Waals surface area contributed by atoms with Crippen LogP contribution in [0.2, 0.25) is 0 Å². The first-order valence-corrected chi connectivity index (χ1v) is 7.91. The lowest BCUT2D eigenvalue weighted by molar-refractivity contribution is 0.0468. The Bertz CT molecular complexity index is 481. The van der Waals surface area contributed by atoms with Gasteiger partial charge in [-0.15, -0.1) is 0 Å². The van der Waals surface area contributed by atoms with Crippen molar-refractivity contribution in [3.63, 3.8) is 0 Å². The summed E-state index contributed by atoms with van der Waals surface area (Å²) in [6, 6.07) is 10.2. The largest absolute Gasteiger partial charge is 0.444 e. The molecule has 1 aromatic carbocycles. The number of amides is 1. The van der Waals surface area contributed by atoms with Gasteiger partial charge >= 0.3 is 6.09 Å². The normalized spacial score (nSPS) is 13.5. The molecule has 0 aliphatic rings. The predicted octanol–water partition coefficient (Wildman–Crippen LogP) is 3.27. The first-order valence-electron chi connectivity index (χ1n) is 7.91. The highest BCUT2D eigenvalue weighted by atomic mass is 16.6. The van der Waals surface area contributed by atoms with Crippen LogP contribution in [0, 0.1) is 0 Å². The second-order valence-electron chi connectivity index (χ2n) is 7.31. The fourth-order valence-corrected chi connectivity index (χ4v) is 2.13. The molecule has 0 aliphatic carbocycles. The molecule has 0 heterocycles. The first-order chi connectivity index (χ1) is 10.6. The van der Waals surface area contributed by atoms with Gasteiger partial charge in [-0.25, -0.2) is 4.79 Å². The number of hydrogen-bond acceptors (Lipinski definition) is 4. The van der Waals surface area contributed by atoms with E-state index in [1.54, 1.807) is 7.11 Å². The van der Waals surface area contributed by atoms with Crippen molar-refractivity contribution in [1.29, 1.82) is 0 Å². The Kier molecular flexibility index (Phi) is 7.03. The summed E-state index contributed by atoms with van der Waals surface area (Å²) in [5.41, 5.74) is 0.210. The number of carbonyl (C=O) groups excluding carboxylic acids is 1. The molecule has 1 unspecified atom stereocenters. The van der Waals surface area contributed by atoms with Gasteiger partial charge in [0.1, 0.15) is 5.60 Å². The summed E-state index contributed by atoms with van der Waals surface area (Å²) in [5.74, 6) is 0. The second kappa shape index (κ2) is 8.31. The monoisotopic (exact) mass is 322 g/mol. The molecule has 0 saturated carbocycles. The summed E-state index contributed by atoms with van der Waals surface area (Å²) in [6.07, 6.45) is -0.410. The SMILES string of the molecule is COCC(NCC(C)(C)NC(=O)OC(C)(C)C)c1ccccc1. The van der Waals surface area contributed by atoms with Gasteiger partial charge in [0.05, 0.1) is 18.2 Å². The van der Waals surface area contributed by atoms with Crippen LogP contribution in [0.25, 0.3) is 0 Å². The Morgan fingerprint density at radius 1 is 1.13 bits per heavy atom. The smallest absolute Gasteiger partial charge is 0.408 e. The molecule has 1 amide bonds. The maximum atomic E-state index is 11.9. The highest BCUT2D eigenvalue weighted by Crippen LogP contribution is 2.14. The van der Waals surface area contributed by atoms with Crippen molar-refractivity contribution in [3.8, 4) is 0 Å². The van der Waals surface area contributed by atoms with E-state index >= 15 is 0 Å². The molecule has 23 heavy (non-hydrogen) atoms. The Balaban J connectivity index is 2.60. The summed E-state index contributed by atoms with van der Waals surface area (Å²) in [6.45, 7) is 10.6. The maximum Gasteiger partial charge on any atom is 0.408 e. The van der Waals surface area contributed by atoms with E-state index in [-0.39, 0.29) is 6.04 Å². The number of methoxy groups -OCH3 is 1. The summed E-state index contributed by atoms with van der Waals surface area (Å²) in [4.78, 5) is 11.9. The third kappa shape index (κ3) is 8.00. The summed E-state index contributed by atoms with van der Waals surface area (Å²) >= 11 is 0. The van der Waals surface area contributed by atoms with Gasteiger partial charge in [0.25, 0.3) is 0 Å². The van der Waals surface area contributed by atoms with Crippen molar-refractivity contribution in [3.05, 3.63) is 35.9 Å². The average Bonchev–Trinajstić information content (AvgIpc) is 2.41. The summed E-state index contributed by atoms with van der Waals surface area (Å²) < 4.78 is 10.6. The number of nitrogens with one attached hydrogen (secondary N) is 2. The fourth-order valence-electron chi connectivity index (χ4n) is 2.13. The van der Waals surface area contributed by atoms with Crippen molar-refractivity contribution in [2.75, 3.05) is 20.3 Å². The van der Waals surface area contributed by atoms with Crippen molar-refractivity contribution in [2.45, 2.75) is 51.8 Å². The van der Waals surface area contributed by atoms with Gasteiger partial charge in [-0.2, -0.15) is 0 Å². The minimum absolute atomic E-state index is 0.0703. The van der Waals surface area contributed by atoms with Gasteiger partial charge < -0.3 is 20.1 Å². The van der Waals surface area contributed by atoms with Gasteiger partial charge in [-0.05, 0) is 40.2 Å². The van der Waals surface area contributed by atoms with Gasteiger partial charge in [-0.1, -0.05) is 30.3 Å². The second-order valence-corrected chi connectivity index (χ2v) is 7.31. The molecule has 1 rings (SSSR count). The molecule has 0 spiro atoms. The van der Waals surface area contributed by atoms with E-state index in [1.165, 1.54) is 0 Å². The van der Waals surface area contributed by atoms with E-state index < -0.39 is 17.2 Å². The molecule has 1 aromatic rings. The van der Waals surface area contributed by atoms with E-state index in [9.17, 15) is 4.79 Å². The summed E-state index contributed by atoms with van der Waals surface area (Å²) in [5, 5.41) is 6.35. The third-order valence-corrected chi connectivity index (χ3v) is 3.17. The van der Waals surface area contributed by atoms with E-state index in [0.29, 0.717) is 13.2 Å². The highest BCUT2D eigenvalue weighted by molar-refractivity contribution is 5.68. The van der Waals surface area contributed by atoms with Crippen LogP contribution in [0.15, 0.2) is 30.3 Å². The lowest BCUT2D eigenvalue weighted by atomic mass is 10.0. The first kappa shape index (κ1) is 19.5. The van der Waals surface area contributed by atoms with Gasteiger partial charge in [-0.3, -0.25) is 0 Å². The van der Waals surface area contributed by atoms with Crippen LogP contribution in [0.5, 0.6) is 0 Å². The van der Waals surface area contributed by atoms with Crippen LogP contribution >= 0.6 is 0 Å². The van der Waals surface area contributed by atoms with E-state index in [0.717, 1.165) is 5.56 Å². The third-order valence-electron chi connectivity index (χ3n) is 3.17. The van der Waals surface area contributed by atoms with Crippen LogP contribution in [0.4, 0.5) is 4.79 Å². The molecule has 5 nitrogen and oxygen atoms in total. The molecule has 130 valence electrons. The number of ether oxygens (including phenoxy) is 2.